The number of ketones is 1. The van der Waals surface area contributed by atoms with Crippen molar-refractivity contribution < 1.29 is 36.9 Å². The fourth-order valence-electron chi connectivity index (χ4n) is 3.75. The molecule has 0 aromatic heterocycles. The van der Waals surface area contributed by atoms with Gasteiger partial charge in [0.25, 0.3) is 0 Å². The molecule has 0 radical (unpaired) electrons. The van der Waals surface area contributed by atoms with Crippen LogP contribution >= 0.6 is 0 Å². The highest BCUT2D eigenvalue weighted by Gasteiger charge is 2.72. The molecule has 3 aliphatic rings. The predicted molar refractivity (Wildman–Crippen MR) is 71.6 cm³/mol. The maximum atomic E-state index is 12.2. The normalized spacial score (nSPS) is 42.8. The zero-order valence-corrected chi connectivity index (χ0v) is 13.1. The standard InChI is InChI=1S/C15H19F3O5/c1-8-6-9(19)11(20-3)12(14(8)7-22-14)13(2)10(23-13)4-5-21-15(16,17)18/h6,10-12H,4-5,7H2,1-3H3/t10-,11-,12-,13?,14-/m1/s1. The Bertz CT molecular complexity index is 540. The van der Waals surface area contributed by atoms with E-state index in [0.29, 0.717) is 6.61 Å². The van der Waals surface area contributed by atoms with E-state index in [1.165, 1.54) is 13.2 Å². The van der Waals surface area contributed by atoms with E-state index in [0.717, 1.165) is 5.57 Å². The van der Waals surface area contributed by atoms with Crippen LogP contribution in [0.2, 0.25) is 0 Å². The number of carbonyl (C=O) groups excluding carboxylic acids is 1. The highest BCUT2D eigenvalue weighted by molar-refractivity contribution is 5.96. The Labute approximate surface area is 131 Å². The lowest BCUT2D eigenvalue weighted by molar-refractivity contribution is -0.324. The second kappa shape index (κ2) is 5.27. The molecule has 5 atom stereocenters. The molecule has 0 amide bonds. The summed E-state index contributed by atoms with van der Waals surface area (Å²) in [6.07, 6.45) is -4.19. The van der Waals surface area contributed by atoms with Gasteiger partial charge in [-0.3, -0.25) is 9.53 Å². The van der Waals surface area contributed by atoms with Gasteiger partial charge in [0.2, 0.25) is 0 Å². The number of hydrogen-bond donors (Lipinski definition) is 0. The van der Waals surface area contributed by atoms with Crippen molar-refractivity contribution in [3.63, 3.8) is 0 Å². The summed E-state index contributed by atoms with van der Waals surface area (Å²) in [5.74, 6) is -0.550. The lowest BCUT2D eigenvalue weighted by Crippen LogP contribution is -2.52. The smallest absolute Gasteiger partial charge is 0.373 e. The molecule has 0 N–H and O–H groups in total. The number of ether oxygens (including phenoxy) is 4. The summed E-state index contributed by atoms with van der Waals surface area (Å²) in [5.41, 5.74) is -0.567. The third kappa shape index (κ3) is 2.82. The van der Waals surface area contributed by atoms with Crippen molar-refractivity contribution in [3.05, 3.63) is 11.6 Å². The van der Waals surface area contributed by atoms with Crippen LogP contribution in [0.1, 0.15) is 20.3 Å². The molecule has 8 heteroatoms. The number of rotatable bonds is 5. The molecule has 1 spiro atoms. The van der Waals surface area contributed by atoms with E-state index in [-0.39, 0.29) is 18.1 Å². The highest BCUT2D eigenvalue weighted by atomic mass is 19.4. The average Bonchev–Trinajstić information content (AvgIpc) is 3.32. The molecule has 2 aliphatic heterocycles. The van der Waals surface area contributed by atoms with E-state index in [2.05, 4.69) is 4.74 Å². The number of alkyl halides is 3. The molecule has 0 bridgehead atoms. The Morgan fingerprint density at radius 3 is 2.61 bits per heavy atom. The number of halogens is 3. The lowest BCUT2D eigenvalue weighted by Gasteiger charge is -2.36. The Kier molecular flexibility index (Phi) is 3.87. The summed E-state index contributed by atoms with van der Waals surface area (Å²) in [7, 11) is 1.44. The van der Waals surface area contributed by atoms with Crippen LogP contribution in [-0.2, 0) is 23.7 Å². The van der Waals surface area contributed by atoms with Gasteiger partial charge in [0.1, 0.15) is 17.3 Å². The SMILES string of the molecule is CO[C@@H]1C(=O)C=C(C)[C@]2(CO2)[C@H]1C1(C)O[C@@H]1CCOC(F)(F)F. The van der Waals surface area contributed by atoms with Gasteiger partial charge in [-0.1, -0.05) is 0 Å². The van der Waals surface area contributed by atoms with Crippen molar-refractivity contribution in [2.75, 3.05) is 20.3 Å². The fourth-order valence-corrected chi connectivity index (χ4v) is 3.75. The third-order valence-electron chi connectivity index (χ3n) is 5.06. The molecule has 23 heavy (non-hydrogen) atoms. The average molecular weight is 336 g/mol. The maximum Gasteiger partial charge on any atom is 0.522 e. The van der Waals surface area contributed by atoms with Gasteiger partial charge in [0.05, 0.1) is 25.2 Å². The Morgan fingerprint density at radius 1 is 1.43 bits per heavy atom. The minimum absolute atomic E-state index is 0.0932. The van der Waals surface area contributed by atoms with Gasteiger partial charge in [0, 0.05) is 13.5 Å². The van der Waals surface area contributed by atoms with Crippen LogP contribution in [0.25, 0.3) is 0 Å². The summed E-state index contributed by atoms with van der Waals surface area (Å²) in [4.78, 5) is 12.2. The topological polar surface area (TPSA) is 60.6 Å². The molecule has 1 unspecified atom stereocenters. The van der Waals surface area contributed by atoms with Crippen LogP contribution in [0.4, 0.5) is 13.2 Å². The maximum absolute atomic E-state index is 12.2. The van der Waals surface area contributed by atoms with Crippen LogP contribution in [0.3, 0.4) is 0 Å². The van der Waals surface area contributed by atoms with Gasteiger partial charge in [-0.2, -0.15) is 0 Å². The Morgan fingerprint density at radius 2 is 2.09 bits per heavy atom. The van der Waals surface area contributed by atoms with Crippen molar-refractivity contribution in [2.45, 2.75) is 50.0 Å². The van der Waals surface area contributed by atoms with Crippen molar-refractivity contribution in [1.29, 1.82) is 0 Å². The van der Waals surface area contributed by atoms with Gasteiger partial charge < -0.3 is 14.2 Å². The number of epoxide rings is 2. The van der Waals surface area contributed by atoms with Gasteiger partial charge in [-0.15, -0.1) is 13.2 Å². The highest BCUT2D eigenvalue weighted by Crippen LogP contribution is 2.59. The summed E-state index contributed by atoms with van der Waals surface area (Å²) in [6.45, 7) is 3.58. The van der Waals surface area contributed by atoms with Crippen molar-refractivity contribution in [3.8, 4) is 0 Å². The number of methoxy groups -OCH3 is 1. The summed E-state index contributed by atoms with van der Waals surface area (Å²) >= 11 is 0. The second-order valence-electron chi connectivity index (χ2n) is 6.42. The first-order chi connectivity index (χ1) is 10.6. The van der Waals surface area contributed by atoms with E-state index in [4.69, 9.17) is 14.2 Å². The van der Waals surface area contributed by atoms with E-state index in [9.17, 15) is 18.0 Å². The molecule has 3 rings (SSSR count). The predicted octanol–water partition coefficient (Wildman–Crippen LogP) is 2.00. The minimum atomic E-state index is -4.65. The molecule has 5 nitrogen and oxygen atoms in total. The van der Waals surface area contributed by atoms with E-state index in [1.807, 2.05) is 6.92 Å². The van der Waals surface area contributed by atoms with E-state index < -0.39 is 36.4 Å². The molecular formula is C15H19F3O5. The van der Waals surface area contributed by atoms with Crippen LogP contribution in [-0.4, -0.2) is 55.9 Å². The van der Waals surface area contributed by atoms with Crippen LogP contribution < -0.4 is 0 Å². The largest absolute Gasteiger partial charge is 0.522 e. The number of hydrogen-bond acceptors (Lipinski definition) is 5. The van der Waals surface area contributed by atoms with Crippen LogP contribution in [0.5, 0.6) is 0 Å². The van der Waals surface area contributed by atoms with E-state index in [1.54, 1.807) is 6.92 Å². The van der Waals surface area contributed by atoms with Crippen LogP contribution in [0, 0.1) is 5.92 Å². The third-order valence-corrected chi connectivity index (χ3v) is 5.06. The molecule has 2 saturated heterocycles. The molecule has 0 aromatic carbocycles. The van der Waals surface area contributed by atoms with Crippen molar-refractivity contribution >= 4 is 5.78 Å². The molecule has 1 aliphatic carbocycles. The lowest BCUT2D eigenvalue weighted by atomic mass is 9.69. The zero-order valence-electron chi connectivity index (χ0n) is 13.1. The van der Waals surface area contributed by atoms with Gasteiger partial charge in [-0.05, 0) is 25.5 Å². The molecule has 0 aromatic rings. The molecule has 130 valence electrons. The molecule has 2 fully saturated rings. The molecule has 0 saturated carbocycles. The van der Waals surface area contributed by atoms with Crippen LogP contribution in [0.15, 0.2) is 11.6 Å². The first-order valence-electron chi connectivity index (χ1n) is 7.42. The van der Waals surface area contributed by atoms with Gasteiger partial charge in [-0.25, -0.2) is 0 Å². The summed E-state index contributed by atoms with van der Waals surface area (Å²) < 4.78 is 56.7. The first kappa shape index (κ1) is 16.9. The first-order valence-corrected chi connectivity index (χ1v) is 7.42. The minimum Gasteiger partial charge on any atom is -0.373 e. The Balaban J connectivity index is 1.73. The van der Waals surface area contributed by atoms with Crippen molar-refractivity contribution in [1.82, 2.24) is 0 Å². The van der Waals surface area contributed by atoms with E-state index >= 15 is 0 Å². The van der Waals surface area contributed by atoms with Crippen molar-refractivity contribution in [2.24, 2.45) is 5.92 Å². The summed E-state index contributed by atoms with van der Waals surface area (Å²) in [6, 6.07) is 0. The zero-order chi connectivity index (χ0) is 17.0. The van der Waals surface area contributed by atoms with Gasteiger partial charge >= 0.3 is 6.36 Å². The number of carbonyl (C=O) groups is 1. The Hall–Kier alpha value is -0.960. The monoisotopic (exact) mass is 336 g/mol. The quantitative estimate of drug-likeness (QED) is 0.719. The molecule has 2 heterocycles. The molecular weight excluding hydrogens is 317 g/mol. The fraction of sp³-hybridized carbons (Fsp3) is 0.800. The second-order valence-corrected chi connectivity index (χ2v) is 6.42. The summed E-state index contributed by atoms with van der Waals surface area (Å²) in [5, 5.41) is 0. The van der Waals surface area contributed by atoms with Gasteiger partial charge in [0.15, 0.2) is 5.78 Å².